The molecule has 0 fully saturated rings. The standard InChI is InChI=1S/C21H24N4O2S/c1-14-5-6-18(15(2)11-14)13-22-19-7-9-20(10-8-19)28(26,27)25-21-23-16(3)12-17(4)24-21/h5-12,22H,13H2,1-4H3,(H,23,24,25). The summed E-state index contributed by atoms with van der Waals surface area (Å²) in [5.41, 5.74) is 5.92. The lowest BCUT2D eigenvalue weighted by atomic mass is 10.1. The average molecular weight is 397 g/mol. The van der Waals surface area contributed by atoms with E-state index in [0.29, 0.717) is 17.9 Å². The molecular formula is C21H24N4O2S. The Morgan fingerprint density at radius 1 is 0.857 bits per heavy atom. The van der Waals surface area contributed by atoms with E-state index in [2.05, 4.69) is 52.1 Å². The van der Waals surface area contributed by atoms with Crippen LogP contribution in [0.2, 0.25) is 0 Å². The van der Waals surface area contributed by atoms with Gasteiger partial charge in [-0.2, -0.15) is 0 Å². The summed E-state index contributed by atoms with van der Waals surface area (Å²) in [7, 11) is -3.74. The number of benzene rings is 2. The van der Waals surface area contributed by atoms with Gasteiger partial charge in [-0.25, -0.2) is 23.1 Å². The van der Waals surface area contributed by atoms with Gasteiger partial charge < -0.3 is 5.32 Å². The molecule has 2 aromatic carbocycles. The highest BCUT2D eigenvalue weighted by Crippen LogP contribution is 2.18. The van der Waals surface area contributed by atoms with Crippen molar-refractivity contribution in [3.63, 3.8) is 0 Å². The predicted molar refractivity (Wildman–Crippen MR) is 112 cm³/mol. The van der Waals surface area contributed by atoms with Gasteiger partial charge in [0.1, 0.15) is 0 Å². The molecule has 28 heavy (non-hydrogen) atoms. The summed E-state index contributed by atoms with van der Waals surface area (Å²) in [6.07, 6.45) is 0. The molecule has 0 saturated carbocycles. The Morgan fingerprint density at radius 3 is 2.11 bits per heavy atom. The molecule has 0 radical (unpaired) electrons. The van der Waals surface area contributed by atoms with E-state index in [-0.39, 0.29) is 10.8 Å². The van der Waals surface area contributed by atoms with Crippen LogP contribution >= 0.6 is 0 Å². The second kappa shape index (κ2) is 7.98. The highest BCUT2D eigenvalue weighted by molar-refractivity contribution is 7.92. The lowest BCUT2D eigenvalue weighted by Gasteiger charge is -2.11. The van der Waals surface area contributed by atoms with Gasteiger partial charge in [-0.15, -0.1) is 0 Å². The van der Waals surface area contributed by atoms with Crippen molar-refractivity contribution in [3.8, 4) is 0 Å². The van der Waals surface area contributed by atoms with E-state index < -0.39 is 10.0 Å². The summed E-state index contributed by atoms with van der Waals surface area (Å²) >= 11 is 0. The zero-order valence-corrected chi connectivity index (χ0v) is 17.3. The number of rotatable bonds is 6. The molecule has 2 N–H and O–H groups in total. The summed E-state index contributed by atoms with van der Waals surface area (Å²) in [4.78, 5) is 8.41. The van der Waals surface area contributed by atoms with Crippen molar-refractivity contribution in [3.05, 3.63) is 76.6 Å². The number of hydrogen-bond donors (Lipinski definition) is 2. The highest BCUT2D eigenvalue weighted by atomic mass is 32.2. The highest BCUT2D eigenvalue weighted by Gasteiger charge is 2.16. The first kappa shape index (κ1) is 19.8. The van der Waals surface area contributed by atoms with E-state index in [4.69, 9.17) is 0 Å². The maximum Gasteiger partial charge on any atom is 0.264 e. The number of anilines is 2. The van der Waals surface area contributed by atoms with Crippen LogP contribution in [0.25, 0.3) is 0 Å². The molecule has 0 bridgehead atoms. The number of sulfonamides is 1. The van der Waals surface area contributed by atoms with E-state index in [1.807, 2.05) is 0 Å². The Morgan fingerprint density at radius 2 is 1.50 bits per heavy atom. The van der Waals surface area contributed by atoms with Crippen molar-refractivity contribution in [2.24, 2.45) is 0 Å². The molecule has 0 aliphatic carbocycles. The second-order valence-corrected chi connectivity index (χ2v) is 8.57. The van der Waals surface area contributed by atoms with E-state index in [1.54, 1.807) is 44.2 Å². The van der Waals surface area contributed by atoms with Crippen molar-refractivity contribution in [1.82, 2.24) is 9.97 Å². The number of aryl methyl sites for hydroxylation is 4. The van der Waals surface area contributed by atoms with Gasteiger partial charge in [0.05, 0.1) is 4.90 Å². The van der Waals surface area contributed by atoms with Gasteiger partial charge in [0.15, 0.2) is 0 Å². The molecule has 0 unspecified atom stereocenters. The molecule has 0 aliphatic rings. The molecular weight excluding hydrogens is 372 g/mol. The molecule has 6 nitrogen and oxygen atoms in total. The lowest BCUT2D eigenvalue weighted by molar-refractivity contribution is 0.601. The number of aromatic nitrogens is 2. The van der Waals surface area contributed by atoms with Crippen LogP contribution in [-0.4, -0.2) is 18.4 Å². The van der Waals surface area contributed by atoms with E-state index in [1.165, 1.54) is 16.7 Å². The van der Waals surface area contributed by atoms with Crippen LogP contribution in [0, 0.1) is 27.7 Å². The van der Waals surface area contributed by atoms with Crippen LogP contribution in [0.15, 0.2) is 53.4 Å². The molecule has 0 atom stereocenters. The molecule has 3 aromatic rings. The maximum atomic E-state index is 12.6. The van der Waals surface area contributed by atoms with Crippen molar-refractivity contribution in [2.45, 2.75) is 39.1 Å². The van der Waals surface area contributed by atoms with Gasteiger partial charge in [0, 0.05) is 23.6 Å². The lowest BCUT2D eigenvalue weighted by Crippen LogP contribution is -2.15. The van der Waals surface area contributed by atoms with Crippen LogP contribution in [0.1, 0.15) is 28.1 Å². The first-order valence-corrected chi connectivity index (χ1v) is 10.5. The first-order chi connectivity index (χ1) is 13.2. The quantitative estimate of drug-likeness (QED) is 0.655. The van der Waals surface area contributed by atoms with Gasteiger partial charge in [0.25, 0.3) is 10.0 Å². The summed E-state index contributed by atoms with van der Waals surface area (Å²) < 4.78 is 27.6. The van der Waals surface area contributed by atoms with E-state index in [0.717, 1.165) is 5.69 Å². The molecule has 1 heterocycles. The Balaban J connectivity index is 1.70. The largest absolute Gasteiger partial charge is 0.381 e. The number of hydrogen-bond acceptors (Lipinski definition) is 5. The fraction of sp³-hybridized carbons (Fsp3) is 0.238. The number of nitrogens with one attached hydrogen (secondary N) is 2. The van der Waals surface area contributed by atoms with Gasteiger partial charge in [-0.1, -0.05) is 23.8 Å². The zero-order chi connectivity index (χ0) is 20.3. The first-order valence-electron chi connectivity index (χ1n) is 8.98. The zero-order valence-electron chi connectivity index (χ0n) is 16.4. The van der Waals surface area contributed by atoms with Crippen molar-refractivity contribution < 1.29 is 8.42 Å². The molecule has 146 valence electrons. The van der Waals surface area contributed by atoms with Gasteiger partial charge in [-0.05, 0) is 69.2 Å². The molecule has 0 spiro atoms. The van der Waals surface area contributed by atoms with Crippen molar-refractivity contribution >= 4 is 21.7 Å². The van der Waals surface area contributed by atoms with Crippen LogP contribution in [0.5, 0.6) is 0 Å². The van der Waals surface area contributed by atoms with Crippen LogP contribution in [0.3, 0.4) is 0 Å². The molecule has 0 saturated heterocycles. The molecule has 1 aromatic heterocycles. The monoisotopic (exact) mass is 396 g/mol. The normalized spacial score (nSPS) is 11.3. The number of nitrogens with zero attached hydrogens (tertiary/aromatic N) is 2. The minimum atomic E-state index is -3.74. The van der Waals surface area contributed by atoms with Gasteiger partial charge >= 0.3 is 0 Å². The average Bonchev–Trinajstić information content (AvgIpc) is 2.60. The third kappa shape index (κ3) is 4.86. The fourth-order valence-corrected chi connectivity index (χ4v) is 3.89. The Labute approximate surface area is 166 Å². The van der Waals surface area contributed by atoms with Gasteiger partial charge in [0.2, 0.25) is 5.95 Å². The smallest absolute Gasteiger partial charge is 0.264 e. The van der Waals surface area contributed by atoms with E-state index in [9.17, 15) is 8.42 Å². The van der Waals surface area contributed by atoms with E-state index >= 15 is 0 Å². The maximum absolute atomic E-state index is 12.6. The summed E-state index contributed by atoms with van der Waals surface area (Å²) in [5.74, 6) is 0.0783. The van der Waals surface area contributed by atoms with Crippen LogP contribution in [0.4, 0.5) is 11.6 Å². The van der Waals surface area contributed by atoms with Crippen LogP contribution < -0.4 is 10.0 Å². The second-order valence-electron chi connectivity index (χ2n) is 6.89. The molecule has 0 amide bonds. The Hall–Kier alpha value is -2.93. The van der Waals surface area contributed by atoms with Crippen LogP contribution in [-0.2, 0) is 16.6 Å². The summed E-state index contributed by atoms with van der Waals surface area (Å²) in [5, 5.41) is 3.32. The third-order valence-corrected chi connectivity index (χ3v) is 5.70. The summed E-state index contributed by atoms with van der Waals surface area (Å²) in [6, 6.07) is 14.7. The molecule has 0 aliphatic heterocycles. The van der Waals surface area contributed by atoms with Crippen molar-refractivity contribution in [1.29, 1.82) is 0 Å². The Bertz CT molecular complexity index is 1070. The fourth-order valence-electron chi connectivity index (χ4n) is 2.94. The van der Waals surface area contributed by atoms with Gasteiger partial charge in [-0.3, -0.25) is 0 Å². The topological polar surface area (TPSA) is 84.0 Å². The van der Waals surface area contributed by atoms with Crippen molar-refractivity contribution in [2.75, 3.05) is 10.0 Å². The Kier molecular flexibility index (Phi) is 5.65. The SMILES string of the molecule is Cc1ccc(CNc2ccc(S(=O)(=O)Nc3nc(C)cc(C)n3)cc2)c(C)c1. The third-order valence-electron chi connectivity index (χ3n) is 4.35. The minimum Gasteiger partial charge on any atom is -0.381 e. The summed E-state index contributed by atoms with van der Waals surface area (Å²) in [6.45, 7) is 8.42. The minimum absolute atomic E-state index is 0.0783. The molecule has 7 heteroatoms. The predicted octanol–water partition coefficient (Wildman–Crippen LogP) is 4.12. The molecule has 3 rings (SSSR count).